The van der Waals surface area contributed by atoms with Gasteiger partial charge in [0.05, 0.1) is 4.90 Å². The number of ketones is 1. The quantitative estimate of drug-likeness (QED) is 0.847. The average Bonchev–Trinajstić information content (AvgIpc) is 2.48. The molecule has 1 aromatic carbocycles. The number of amides is 1. The summed E-state index contributed by atoms with van der Waals surface area (Å²) in [5.74, 6) is -0.881. The van der Waals surface area contributed by atoms with Gasteiger partial charge in [-0.15, -0.1) is 0 Å². The maximum atomic E-state index is 12.0. The predicted octanol–water partition coefficient (Wildman–Crippen LogP) is 2.52. The maximum absolute atomic E-state index is 12.0. The van der Waals surface area contributed by atoms with Crippen LogP contribution in [0.1, 0.15) is 50.9 Å². The Labute approximate surface area is 120 Å². The molecular weight excluding hydrogens is 278 g/mol. The highest BCUT2D eigenvalue weighted by atomic mass is 32.2. The molecule has 0 radical (unpaired) electrons. The topological polar surface area (TPSA) is 80.3 Å². The molecule has 1 rings (SSSR count). The van der Waals surface area contributed by atoms with Crippen molar-refractivity contribution in [3.8, 4) is 0 Å². The molecule has 1 N–H and O–H groups in total. The van der Waals surface area contributed by atoms with E-state index in [-0.39, 0.29) is 29.1 Å². The van der Waals surface area contributed by atoms with Gasteiger partial charge in [-0.1, -0.05) is 45.9 Å². The summed E-state index contributed by atoms with van der Waals surface area (Å²) in [4.78, 5) is 22.7. The SMILES string of the molecule is CC.CCC(=O)NS(=O)(=O)c1ccccc1C(=O)CC. The molecule has 0 aliphatic carbocycles. The van der Waals surface area contributed by atoms with Crippen LogP contribution in [0.2, 0.25) is 0 Å². The fourth-order valence-electron chi connectivity index (χ4n) is 1.40. The molecule has 0 aliphatic rings. The first kappa shape index (κ1) is 18.3. The Bertz CT molecular complexity index is 564. The van der Waals surface area contributed by atoms with Gasteiger partial charge >= 0.3 is 0 Å². The Morgan fingerprint density at radius 1 is 1.05 bits per heavy atom. The van der Waals surface area contributed by atoms with Crippen LogP contribution in [-0.2, 0) is 14.8 Å². The molecule has 1 amide bonds. The second-order valence-corrected chi connectivity index (χ2v) is 5.31. The lowest BCUT2D eigenvalue weighted by Crippen LogP contribution is -2.30. The lowest BCUT2D eigenvalue weighted by atomic mass is 10.1. The first-order chi connectivity index (χ1) is 9.42. The van der Waals surface area contributed by atoms with E-state index in [2.05, 4.69) is 0 Å². The number of nitrogens with one attached hydrogen (secondary N) is 1. The lowest BCUT2D eigenvalue weighted by Gasteiger charge is -2.09. The third-order valence-corrected chi connectivity index (χ3v) is 3.80. The maximum Gasteiger partial charge on any atom is 0.264 e. The van der Waals surface area contributed by atoms with Gasteiger partial charge in [-0.3, -0.25) is 9.59 Å². The Kier molecular flexibility index (Phi) is 7.76. The lowest BCUT2D eigenvalue weighted by molar-refractivity contribution is -0.119. The zero-order valence-electron chi connectivity index (χ0n) is 12.3. The first-order valence-electron chi connectivity index (χ1n) is 6.60. The first-order valence-corrected chi connectivity index (χ1v) is 8.08. The minimum atomic E-state index is -3.98. The van der Waals surface area contributed by atoms with Crippen LogP contribution in [0.25, 0.3) is 0 Å². The minimum Gasteiger partial charge on any atom is -0.294 e. The Morgan fingerprint density at radius 3 is 2.10 bits per heavy atom. The molecule has 112 valence electrons. The average molecular weight is 299 g/mol. The van der Waals surface area contributed by atoms with Crippen molar-refractivity contribution < 1.29 is 18.0 Å². The van der Waals surface area contributed by atoms with E-state index in [4.69, 9.17) is 0 Å². The molecule has 0 spiro atoms. The Hall–Kier alpha value is -1.69. The van der Waals surface area contributed by atoms with Gasteiger partial charge in [0.1, 0.15) is 0 Å². The van der Waals surface area contributed by atoms with Crippen LogP contribution < -0.4 is 4.72 Å². The van der Waals surface area contributed by atoms with Gasteiger partial charge < -0.3 is 0 Å². The second-order valence-electron chi connectivity index (χ2n) is 3.66. The molecule has 0 heterocycles. The highest BCUT2D eigenvalue weighted by Crippen LogP contribution is 2.17. The molecule has 0 aliphatic heterocycles. The van der Waals surface area contributed by atoms with Crippen molar-refractivity contribution >= 4 is 21.7 Å². The normalized spacial score (nSPS) is 10.2. The van der Waals surface area contributed by atoms with Gasteiger partial charge in [-0.25, -0.2) is 13.1 Å². The molecule has 0 aromatic heterocycles. The van der Waals surface area contributed by atoms with Crippen molar-refractivity contribution in [3.63, 3.8) is 0 Å². The van der Waals surface area contributed by atoms with Gasteiger partial charge in [-0.05, 0) is 6.07 Å². The largest absolute Gasteiger partial charge is 0.294 e. The molecule has 0 saturated heterocycles. The van der Waals surface area contributed by atoms with Crippen molar-refractivity contribution in [2.45, 2.75) is 45.4 Å². The van der Waals surface area contributed by atoms with Crippen LogP contribution >= 0.6 is 0 Å². The molecule has 0 atom stereocenters. The van der Waals surface area contributed by atoms with Gasteiger partial charge in [0, 0.05) is 18.4 Å². The molecule has 0 bridgehead atoms. The summed E-state index contributed by atoms with van der Waals surface area (Å²) in [7, 11) is -3.98. The fourth-order valence-corrected chi connectivity index (χ4v) is 2.68. The summed E-state index contributed by atoms with van der Waals surface area (Å²) in [6, 6.07) is 5.85. The molecular formula is C14H21NO4S. The van der Waals surface area contributed by atoms with Gasteiger partial charge in [0.2, 0.25) is 5.91 Å². The van der Waals surface area contributed by atoms with E-state index in [1.807, 2.05) is 18.6 Å². The smallest absolute Gasteiger partial charge is 0.264 e. The van der Waals surface area contributed by atoms with Crippen LogP contribution in [0, 0.1) is 0 Å². The molecule has 0 saturated carbocycles. The van der Waals surface area contributed by atoms with E-state index >= 15 is 0 Å². The van der Waals surface area contributed by atoms with Crippen molar-refractivity contribution in [1.29, 1.82) is 0 Å². The van der Waals surface area contributed by atoms with E-state index in [0.717, 1.165) is 0 Å². The summed E-state index contributed by atoms with van der Waals surface area (Å²) in [5, 5.41) is 0. The molecule has 20 heavy (non-hydrogen) atoms. The van der Waals surface area contributed by atoms with E-state index in [1.54, 1.807) is 19.9 Å². The van der Waals surface area contributed by atoms with Crippen LogP contribution in [-0.4, -0.2) is 20.1 Å². The van der Waals surface area contributed by atoms with Crippen molar-refractivity contribution in [2.24, 2.45) is 0 Å². The van der Waals surface area contributed by atoms with E-state index < -0.39 is 15.9 Å². The molecule has 0 unspecified atom stereocenters. The van der Waals surface area contributed by atoms with Crippen LogP contribution in [0.5, 0.6) is 0 Å². The summed E-state index contributed by atoms with van der Waals surface area (Å²) in [5.41, 5.74) is 0.108. The summed E-state index contributed by atoms with van der Waals surface area (Å²) < 4.78 is 25.8. The zero-order valence-corrected chi connectivity index (χ0v) is 13.1. The number of hydrogen-bond donors (Lipinski definition) is 1. The van der Waals surface area contributed by atoms with Crippen LogP contribution in [0.3, 0.4) is 0 Å². The molecule has 5 nitrogen and oxygen atoms in total. The zero-order chi connectivity index (χ0) is 15.8. The Morgan fingerprint density at radius 2 is 1.60 bits per heavy atom. The van der Waals surface area contributed by atoms with E-state index in [9.17, 15) is 18.0 Å². The number of carbonyl (C=O) groups excluding carboxylic acids is 2. The highest BCUT2D eigenvalue weighted by molar-refractivity contribution is 7.90. The molecule has 6 heteroatoms. The number of sulfonamides is 1. The molecule has 1 aromatic rings. The number of hydrogen-bond acceptors (Lipinski definition) is 4. The number of rotatable bonds is 5. The molecule has 0 fully saturated rings. The fraction of sp³-hybridized carbons (Fsp3) is 0.429. The second kappa shape index (κ2) is 8.47. The summed E-state index contributed by atoms with van der Waals surface area (Å²) in [6.45, 7) is 7.20. The van der Waals surface area contributed by atoms with Crippen molar-refractivity contribution in [1.82, 2.24) is 4.72 Å². The Balaban J connectivity index is 0.00000172. The van der Waals surface area contributed by atoms with Crippen molar-refractivity contribution in [2.75, 3.05) is 0 Å². The number of carbonyl (C=O) groups is 2. The van der Waals surface area contributed by atoms with E-state index in [0.29, 0.717) is 0 Å². The highest BCUT2D eigenvalue weighted by Gasteiger charge is 2.22. The van der Waals surface area contributed by atoms with Crippen LogP contribution in [0.4, 0.5) is 0 Å². The monoisotopic (exact) mass is 299 g/mol. The van der Waals surface area contributed by atoms with Crippen LogP contribution in [0.15, 0.2) is 29.2 Å². The third kappa shape index (κ3) is 4.77. The third-order valence-electron chi connectivity index (χ3n) is 2.37. The minimum absolute atomic E-state index is 0.0587. The standard InChI is InChI=1S/C12H15NO4S.C2H6/c1-3-10(14)9-7-5-6-8-11(9)18(16,17)13-12(15)4-2;1-2/h5-8H,3-4H2,1-2H3,(H,13,15);1-2H3. The number of Topliss-reactive ketones (excluding diaryl/α,β-unsaturated/α-hetero) is 1. The van der Waals surface area contributed by atoms with Gasteiger partial charge in [-0.2, -0.15) is 0 Å². The summed E-state index contributed by atoms with van der Waals surface area (Å²) in [6.07, 6.45) is 0.261. The number of benzene rings is 1. The van der Waals surface area contributed by atoms with Gasteiger partial charge in [0.15, 0.2) is 5.78 Å². The summed E-state index contributed by atoms with van der Waals surface area (Å²) >= 11 is 0. The predicted molar refractivity (Wildman–Crippen MR) is 78.0 cm³/mol. The van der Waals surface area contributed by atoms with Gasteiger partial charge in [0.25, 0.3) is 10.0 Å². The van der Waals surface area contributed by atoms with E-state index in [1.165, 1.54) is 18.2 Å². The van der Waals surface area contributed by atoms with Crippen molar-refractivity contribution in [3.05, 3.63) is 29.8 Å².